The third kappa shape index (κ3) is 4.72. The van der Waals surface area contributed by atoms with Crippen molar-refractivity contribution in [3.63, 3.8) is 0 Å². The van der Waals surface area contributed by atoms with Gasteiger partial charge in [0.25, 0.3) is 0 Å². The van der Waals surface area contributed by atoms with E-state index in [2.05, 4.69) is 16.9 Å². The van der Waals surface area contributed by atoms with E-state index in [1.54, 1.807) is 37.3 Å². The van der Waals surface area contributed by atoms with Gasteiger partial charge in [0.05, 0.1) is 23.1 Å². The lowest BCUT2D eigenvalue weighted by Gasteiger charge is -2.30. The van der Waals surface area contributed by atoms with Gasteiger partial charge < -0.3 is 10.1 Å². The summed E-state index contributed by atoms with van der Waals surface area (Å²) in [7, 11) is 1.54. The molecule has 1 N–H and O–H groups in total. The van der Waals surface area contributed by atoms with Crippen molar-refractivity contribution in [2.75, 3.05) is 20.2 Å². The van der Waals surface area contributed by atoms with Crippen LogP contribution in [0.15, 0.2) is 41.9 Å². The van der Waals surface area contributed by atoms with Gasteiger partial charge in [-0.15, -0.1) is 6.58 Å². The molecule has 1 aromatic rings. The molecule has 0 unspecified atom stereocenters. The molecule has 138 valence electrons. The molecule has 1 saturated heterocycles. The maximum Gasteiger partial charge on any atom is 0.338 e. The summed E-state index contributed by atoms with van der Waals surface area (Å²) in [5, 5.41) is 2.47. The topological polar surface area (TPSA) is 88.1 Å². The number of nitrogens with zero attached hydrogens (tertiary/aromatic N) is 2. The second-order valence-corrected chi connectivity index (χ2v) is 6.55. The maximum atomic E-state index is 12.4. The molecule has 1 aromatic carbocycles. The number of hydrogen-bond donors (Lipinski definition) is 1. The van der Waals surface area contributed by atoms with Crippen LogP contribution < -0.4 is 5.32 Å². The first kappa shape index (κ1) is 19.7. The van der Waals surface area contributed by atoms with Crippen molar-refractivity contribution in [1.82, 2.24) is 10.2 Å². The van der Waals surface area contributed by atoms with Crippen LogP contribution in [-0.4, -0.2) is 53.3 Å². The van der Waals surface area contributed by atoms with Crippen molar-refractivity contribution in [1.29, 1.82) is 0 Å². The first-order chi connectivity index (χ1) is 12.5. The zero-order chi connectivity index (χ0) is 19.1. The third-order valence-electron chi connectivity index (χ3n) is 3.59. The average Bonchev–Trinajstić information content (AvgIpc) is 2.64. The SMILES string of the molecule is C=CCN1C(=O)C[C@@H](C(=O)NC)SC1=Nc1ccc(C(=O)OCC)cc1. The lowest BCUT2D eigenvalue weighted by atomic mass is 10.2. The predicted octanol–water partition coefficient (Wildman–Crippen LogP) is 2.12. The molecule has 2 amide bonds. The molecule has 7 nitrogen and oxygen atoms in total. The summed E-state index contributed by atoms with van der Waals surface area (Å²) < 4.78 is 4.95. The van der Waals surface area contributed by atoms with E-state index in [1.807, 2.05) is 0 Å². The molecule has 2 rings (SSSR count). The normalized spacial score (nSPS) is 18.5. The average molecular weight is 375 g/mol. The number of thioether (sulfide) groups is 1. The van der Waals surface area contributed by atoms with E-state index in [9.17, 15) is 14.4 Å². The molecule has 8 heteroatoms. The number of amidine groups is 1. The predicted molar refractivity (Wildman–Crippen MR) is 101 cm³/mol. The quantitative estimate of drug-likeness (QED) is 0.608. The highest BCUT2D eigenvalue weighted by Crippen LogP contribution is 2.29. The minimum Gasteiger partial charge on any atom is -0.462 e. The molecule has 0 radical (unpaired) electrons. The molecule has 1 atom stereocenters. The van der Waals surface area contributed by atoms with Gasteiger partial charge in [0.1, 0.15) is 0 Å². The van der Waals surface area contributed by atoms with Crippen LogP contribution in [0.5, 0.6) is 0 Å². The molecule has 0 bridgehead atoms. The van der Waals surface area contributed by atoms with E-state index >= 15 is 0 Å². The van der Waals surface area contributed by atoms with Crippen LogP contribution in [0.25, 0.3) is 0 Å². The fourth-order valence-corrected chi connectivity index (χ4v) is 3.47. The van der Waals surface area contributed by atoms with E-state index in [0.29, 0.717) is 29.6 Å². The van der Waals surface area contributed by atoms with Crippen LogP contribution in [0.3, 0.4) is 0 Å². The number of esters is 1. The van der Waals surface area contributed by atoms with Crippen molar-refractivity contribution < 1.29 is 19.1 Å². The van der Waals surface area contributed by atoms with Crippen molar-refractivity contribution in [2.45, 2.75) is 18.6 Å². The van der Waals surface area contributed by atoms with Gasteiger partial charge in [-0.05, 0) is 31.2 Å². The smallest absolute Gasteiger partial charge is 0.338 e. The Bertz CT molecular complexity index is 730. The Labute approximate surface area is 156 Å². The van der Waals surface area contributed by atoms with Gasteiger partial charge in [-0.3, -0.25) is 14.5 Å². The Morgan fingerprint density at radius 2 is 2.12 bits per heavy atom. The van der Waals surface area contributed by atoms with E-state index in [4.69, 9.17) is 4.74 Å². The van der Waals surface area contributed by atoms with E-state index in [1.165, 1.54) is 23.7 Å². The number of aliphatic imine (C=N–C) groups is 1. The van der Waals surface area contributed by atoms with Crippen LogP contribution in [0.2, 0.25) is 0 Å². The molecule has 1 fully saturated rings. The first-order valence-electron chi connectivity index (χ1n) is 8.15. The minimum absolute atomic E-state index is 0.110. The van der Waals surface area contributed by atoms with Crippen LogP contribution in [0.1, 0.15) is 23.7 Å². The van der Waals surface area contributed by atoms with E-state index in [0.717, 1.165) is 0 Å². The van der Waals surface area contributed by atoms with E-state index in [-0.39, 0.29) is 18.2 Å². The maximum absolute atomic E-state index is 12.4. The Kier molecular flexibility index (Phi) is 6.97. The molecule has 1 heterocycles. The molecule has 0 spiro atoms. The van der Waals surface area contributed by atoms with Gasteiger partial charge in [-0.2, -0.15) is 0 Å². The second-order valence-electron chi connectivity index (χ2n) is 5.38. The first-order valence-corrected chi connectivity index (χ1v) is 9.03. The van der Waals surface area contributed by atoms with Crippen LogP contribution in [-0.2, 0) is 14.3 Å². The van der Waals surface area contributed by atoms with Crippen molar-refractivity contribution in [2.24, 2.45) is 4.99 Å². The second kappa shape index (κ2) is 9.19. The highest BCUT2D eigenvalue weighted by Gasteiger charge is 2.34. The summed E-state index contributed by atoms with van der Waals surface area (Å²) in [6.45, 7) is 6.02. The van der Waals surface area contributed by atoms with Crippen LogP contribution >= 0.6 is 11.8 Å². The Hall–Kier alpha value is -2.61. The minimum atomic E-state index is -0.522. The van der Waals surface area contributed by atoms with Crippen molar-refractivity contribution in [3.05, 3.63) is 42.5 Å². The fraction of sp³-hybridized carbons (Fsp3) is 0.333. The van der Waals surface area contributed by atoms with Gasteiger partial charge in [0.15, 0.2) is 5.17 Å². The zero-order valence-corrected chi connectivity index (χ0v) is 15.5. The molecular weight excluding hydrogens is 354 g/mol. The van der Waals surface area contributed by atoms with Gasteiger partial charge in [-0.25, -0.2) is 9.79 Å². The summed E-state index contributed by atoms with van der Waals surface area (Å²) in [5.41, 5.74) is 0.995. The number of rotatable bonds is 6. The fourth-order valence-electron chi connectivity index (χ4n) is 2.31. The number of amides is 2. The molecule has 0 aliphatic carbocycles. The third-order valence-corrected chi connectivity index (χ3v) is 4.78. The molecule has 1 aliphatic heterocycles. The summed E-state index contributed by atoms with van der Waals surface area (Å²) in [6.07, 6.45) is 1.72. The van der Waals surface area contributed by atoms with Crippen LogP contribution in [0, 0.1) is 0 Å². The number of benzene rings is 1. The summed E-state index contributed by atoms with van der Waals surface area (Å²) in [4.78, 5) is 42.0. The molecule has 0 saturated carbocycles. The van der Waals surface area contributed by atoms with Crippen molar-refractivity contribution >= 4 is 40.4 Å². The Morgan fingerprint density at radius 1 is 1.42 bits per heavy atom. The molecule has 1 aliphatic rings. The van der Waals surface area contributed by atoms with E-state index < -0.39 is 11.2 Å². The Morgan fingerprint density at radius 3 is 2.69 bits per heavy atom. The van der Waals surface area contributed by atoms with Gasteiger partial charge >= 0.3 is 5.97 Å². The van der Waals surface area contributed by atoms with Crippen LogP contribution in [0.4, 0.5) is 5.69 Å². The number of carbonyl (C=O) groups excluding carboxylic acids is 3. The largest absolute Gasteiger partial charge is 0.462 e. The number of nitrogens with one attached hydrogen (secondary N) is 1. The summed E-state index contributed by atoms with van der Waals surface area (Å²) in [6, 6.07) is 6.56. The van der Waals surface area contributed by atoms with Gasteiger partial charge in [0.2, 0.25) is 11.8 Å². The lowest BCUT2D eigenvalue weighted by molar-refractivity contribution is -0.130. The number of ether oxygens (including phenoxy) is 1. The molecule has 0 aromatic heterocycles. The Balaban J connectivity index is 2.27. The number of hydrogen-bond acceptors (Lipinski definition) is 6. The van der Waals surface area contributed by atoms with Crippen molar-refractivity contribution in [3.8, 4) is 0 Å². The van der Waals surface area contributed by atoms with Gasteiger partial charge in [0, 0.05) is 20.0 Å². The highest BCUT2D eigenvalue weighted by atomic mass is 32.2. The highest BCUT2D eigenvalue weighted by molar-refractivity contribution is 8.15. The monoisotopic (exact) mass is 375 g/mol. The standard InChI is InChI=1S/C18H21N3O4S/c1-4-10-21-15(22)11-14(16(23)19-3)26-18(21)20-13-8-6-12(7-9-13)17(24)25-5-2/h4,6-9,14H,1,5,10-11H2,2-3H3,(H,19,23)/t14-/m0/s1. The molecule has 26 heavy (non-hydrogen) atoms. The van der Waals surface area contributed by atoms with Gasteiger partial charge in [-0.1, -0.05) is 17.8 Å². The summed E-state index contributed by atoms with van der Waals surface area (Å²) >= 11 is 1.23. The lowest BCUT2D eigenvalue weighted by Crippen LogP contribution is -2.46. The molecular formula is C18H21N3O4S. The number of carbonyl (C=O) groups is 3. The summed E-state index contributed by atoms with van der Waals surface area (Å²) in [5.74, 6) is -0.798. The zero-order valence-electron chi connectivity index (χ0n) is 14.7.